The number of amides is 1. The molecule has 27 heavy (non-hydrogen) atoms. The van der Waals surface area contributed by atoms with Crippen LogP contribution in [-0.2, 0) is 4.79 Å². The fourth-order valence-electron chi connectivity index (χ4n) is 2.39. The van der Waals surface area contributed by atoms with Gasteiger partial charge in [-0.1, -0.05) is 41.3 Å². The molecule has 0 radical (unpaired) electrons. The minimum Gasteiger partial charge on any atom is -0.497 e. The van der Waals surface area contributed by atoms with E-state index in [1.54, 1.807) is 18.1 Å². The minimum atomic E-state index is -0.151. The third kappa shape index (κ3) is 4.09. The first-order valence-electron chi connectivity index (χ1n) is 8.05. The molecule has 2 aromatic carbocycles. The Labute approximate surface area is 163 Å². The number of rotatable bonds is 6. The van der Waals surface area contributed by atoms with E-state index in [1.165, 1.54) is 23.1 Å². The number of nitrogens with one attached hydrogen (secondary N) is 1. The SMILES string of the molecule is COc1ccc2nc(NC(=O)CSc3ncn(-c4ccccc4)n3)sc2c1. The van der Waals surface area contributed by atoms with Gasteiger partial charge < -0.3 is 10.1 Å². The molecule has 0 fully saturated rings. The van der Waals surface area contributed by atoms with E-state index in [2.05, 4.69) is 20.4 Å². The fraction of sp³-hybridized carbons (Fsp3) is 0.111. The maximum absolute atomic E-state index is 12.2. The monoisotopic (exact) mass is 397 g/mol. The van der Waals surface area contributed by atoms with Gasteiger partial charge in [-0.05, 0) is 30.3 Å². The molecule has 0 saturated carbocycles. The summed E-state index contributed by atoms with van der Waals surface area (Å²) in [4.78, 5) is 20.9. The number of hydrogen-bond acceptors (Lipinski definition) is 7. The highest BCUT2D eigenvalue weighted by atomic mass is 32.2. The highest BCUT2D eigenvalue weighted by Crippen LogP contribution is 2.29. The number of ether oxygens (including phenoxy) is 1. The Balaban J connectivity index is 1.37. The van der Waals surface area contributed by atoms with Crippen LogP contribution in [0.5, 0.6) is 5.75 Å². The number of carbonyl (C=O) groups is 1. The predicted molar refractivity (Wildman–Crippen MR) is 107 cm³/mol. The zero-order chi connectivity index (χ0) is 18.6. The van der Waals surface area contributed by atoms with Gasteiger partial charge in [0.05, 0.1) is 28.8 Å². The topological polar surface area (TPSA) is 81.9 Å². The van der Waals surface area contributed by atoms with Gasteiger partial charge in [0.25, 0.3) is 0 Å². The molecule has 0 unspecified atom stereocenters. The van der Waals surface area contributed by atoms with Crippen LogP contribution in [0.15, 0.2) is 60.0 Å². The molecule has 4 rings (SSSR count). The molecule has 0 aliphatic rings. The van der Waals surface area contributed by atoms with Crippen LogP contribution in [0.1, 0.15) is 0 Å². The summed E-state index contributed by atoms with van der Waals surface area (Å²) >= 11 is 2.69. The van der Waals surface area contributed by atoms with Gasteiger partial charge in [0.15, 0.2) is 5.13 Å². The Kier molecular flexibility index (Phi) is 5.03. The lowest BCUT2D eigenvalue weighted by atomic mass is 10.3. The number of carbonyl (C=O) groups excluding carboxylic acids is 1. The molecule has 0 spiro atoms. The zero-order valence-electron chi connectivity index (χ0n) is 14.3. The summed E-state index contributed by atoms with van der Waals surface area (Å²) in [5.41, 5.74) is 1.75. The number of fused-ring (bicyclic) bond motifs is 1. The summed E-state index contributed by atoms with van der Waals surface area (Å²) in [5, 5.41) is 8.30. The summed E-state index contributed by atoms with van der Waals surface area (Å²) < 4.78 is 7.85. The molecule has 0 aliphatic heterocycles. The van der Waals surface area contributed by atoms with Crippen molar-refractivity contribution in [2.75, 3.05) is 18.2 Å². The van der Waals surface area contributed by atoms with E-state index in [1.807, 2.05) is 48.5 Å². The Hall–Kier alpha value is -2.91. The van der Waals surface area contributed by atoms with Crippen molar-refractivity contribution in [2.24, 2.45) is 0 Å². The van der Waals surface area contributed by atoms with E-state index in [0.717, 1.165) is 21.7 Å². The van der Waals surface area contributed by atoms with Crippen LogP contribution in [0.3, 0.4) is 0 Å². The lowest BCUT2D eigenvalue weighted by molar-refractivity contribution is -0.113. The molecule has 0 bridgehead atoms. The van der Waals surface area contributed by atoms with Gasteiger partial charge in [-0.2, -0.15) is 0 Å². The largest absolute Gasteiger partial charge is 0.497 e. The first-order chi connectivity index (χ1) is 13.2. The molecule has 2 heterocycles. The molecule has 9 heteroatoms. The molecule has 7 nitrogen and oxygen atoms in total. The number of thioether (sulfide) groups is 1. The van der Waals surface area contributed by atoms with Crippen molar-refractivity contribution in [1.82, 2.24) is 19.7 Å². The fourth-order valence-corrected chi connectivity index (χ4v) is 3.90. The summed E-state index contributed by atoms with van der Waals surface area (Å²) in [5.74, 6) is 0.819. The van der Waals surface area contributed by atoms with Gasteiger partial charge in [-0.25, -0.2) is 14.6 Å². The number of methoxy groups -OCH3 is 1. The summed E-state index contributed by atoms with van der Waals surface area (Å²) in [7, 11) is 1.62. The Morgan fingerprint density at radius 2 is 2.11 bits per heavy atom. The average molecular weight is 397 g/mol. The number of hydrogen-bond donors (Lipinski definition) is 1. The van der Waals surface area contributed by atoms with Crippen molar-refractivity contribution >= 4 is 44.4 Å². The number of benzene rings is 2. The molecule has 2 aromatic heterocycles. The van der Waals surface area contributed by atoms with Gasteiger partial charge in [-0.3, -0.25) is 4.79 Å². The first-order valence-corrected chi connectivity index (χ1v) is 9.86. The molecule has 0 aliphatic carbocycles. The minimum absolute atomic E-state index is 0.151. The van der Waals surface area contributed by atoms with Crippen LogP contribution in [0.4, 0.5) is 5.13 Å². The molecule has 4 aromatic rings. The molecular formula is C18H15N5O2S2. The van der Waals surface area contributed by atoms with Crippen molar-refractivity contribution in [1.29, 1.82) is 0 Å². The van der Waals surface area contributed by atoms with Crippen LogP contribution >= 0.6 is 23.1 Å². The van der Waals surface area contributed by atoms with E-state index >= 15 is 0 Å². The van der Waals surface area contributed by atoms with E-state index in [4.69, 9.17) is 4.74 Å². The van der Waals surface area contributed by atoms with E-state index < -0.39 is 0 Å². The van der Waals surface area contributed by atoms with Crippen molar-refractivity contribution in [2.45, 2.75) is 5.16 Å². The Bertz CT molecular complexity index is 1080. The second kappa shape index (κ2) is 7.77. The third-order valence-corrected chi connectivity index (χ3v) is 5.45. The smallest absolute Gasteiger partial charge is 0.236 e. The Morgan fingerprint density at radius 3 is 2.93 bits per heavy atom. The van der Waals surface area contributed by atoms with Crippen LogP contribution in [0, 0.1) is 0 Å². The first kappa shape index (κ1) is 17.5. The van der Waals surface area contributed by atoms with Crippen LogP contribution in [0.2, 0.25) is 0 Å². The van der Waals surface area contributed by atoms with Gasteiger partial charge in [0.1, 0.15) is 12.1 Å². The highest BCUT2D eigenvalue weighted by Gasteiger charge is 2.11. The third-order valence-electron chi connectivity index (χ3n) is 3.67. The molecule has 0 atom stereocenters. The number of para-hydroxylation sites is 1. The van der Waals surface area contributed by atoms with Gasteiger partial charge >= 0.3 is 0 Å². The Morgan fingerprint density at radius 1 is 1.26 bits per heavy atom. The number of anilines is 1. The van der Waals surface area contributed by atoms with Crippen LogP contribution in [-0.4, -0.2) is 38.5 Å². The second-order valence-electron chi connectivity index (χ2n) is 5.50. The maximum atomic E-state index is 12.2. The number of nitrogens with zero attached hydrogens (tertiary/aromatic N) is 4. The lowest BCUT2D eigenvalue weighted by Crippen LogP contribution is -2.13. The van der Waals surface area contributed by atoms with E-state index in [0.29, 0.717) is 10.3 Å². The van der Waals surface area contributed by atoms with Gasteiger partial charge in [0.2, 0.25) is 11.1 Å². The molecule has 136 valence electrons. The van der Waals surface area contributed by atoms with Crippen molar-refractivity contribution in [3.63, 3.8) is 0 Å². The van der Waals surface area contributed by atoms with Gasteiger partial charge in [-0.15, -0.1) is 5.10 Å². The number of aromatic nitrogens is 4. The predicted octanol–water partition coefficient (Wildman–Crippen LogP) is 3.62. The summed E-state index contributed by atoms with van der Waals surface area (Å²) in [6.07, 6.45) is 1.64. The summed E-state index contributed by atoms with van der Waals surface area (Å²) in [6, 6.07) is 15.3. The van der Waals surface area contributed by atoms with Crippen molar-refractivity contribution in [3.8, 4) is 11.4 Å². The zero-order valence-corrected chi connectivity index (χ0v) is 16.0. The number of thiazole rings is 1. The average Bonchev–Trinajstić information content (AvgIpc) is 3.33. The molecule has 1 amide bonds. The van der Waals surface area contributed by atoms with Crippen LogP contribution in [0.25, 0.3) is 15.9 Å². The molecule has 1 N–H and O–H groups in total. The van der Waals surface area contributed by atoms with Crippen molar-refractivity contribution < 1.29 is 9.53 Å². The van der Waals surface area contributed by atoms with E-state index in [9.17, 15) is 4.79 Å². The summed E-state index contributed by atoms with van der Waals surface area (Å²) in [6.45, 7) is 0. The van der Waals surface area contributed by atoms with Gasteiger partial charge in [0, 0.05) is 0 Å². The van der Waals surface area contributed by atoms with Crippen LogP contribution < -0.4 is 10.1 Å². The van der Waals surface area contributed by atoms with E-state index in [-0.39, 0.29) is 11.7 Å². The molecule has 0 saturated heterocycles. The molecular weight excluding hydrogens is 382 g/mol. The highest BCUT2D eigenvalue weighted by molar-refractivity contribution is 7.99. The quantitative estimate of drug-likeness (QED) is 0.501. The normalized spacial score (nSPS) is 10.9. The second-order valence-corrected chi connectivity index (χ2v) is 7.47. The standard InChI is InChI=1S/C18H15N5O2S2/c1-25-13-7-8-14-15(9-13)27-18(20-14)21-16(24)10-26-17-19-11-23(22-17)12-5-3-2-4-6-12/h2-9,11H,10H2,1H3,(H,20,21,24). The lowest BCUT2D eigenvalue weighted by Gasteiger charge is -1.99. The van der Waals surface area contributed by atoms with Crippen molar-refractivity contribution in [3.05, 3.63) is 54.9 Å². The maximum Gasteiger partial charge on any atom is 0.236 e.